The molecule has 2 unspecified atom stereocenters. The Morgan fingerprint density at radius 1 is 0.725 bits per heavy atom. The van der Waals surface area contributed by atoms with Crippen LogP contribution in [0.5, 0.6) is 0 Å². The molecule has 10 aliphatic rings. The van der Waals surface area contributed by atoms with Gasteiger partial charge in [0.25, 0.3) is 0 Å². The zero-order valence-corrected chi connectivity index (χ0v) is 54.3. The molecule has 2 aromatic carbocycles. The molecule has 19 nitrogen and oxygen atoms in total. The largest absolute Gasteiger partial charge is 0.478 e. The number of nitrogens with zero attached hydrogens (tertiary/aromatic N) is 3. The van der Waals surface area contributed by atoms with Gasteiger partial charge in [0, 0.05) is 48.3 Å². The average Bonchev–Trinajstić information content (AvgIpc) is 1.66. The van der Waals surface area contributed by atoms with Crippen LogP contribution in [0.2, 0.25) is 0 Å². The zero-order chi connectivity index (χ0) is 65.0. The van der Waals surface area contributed by atoms with E-state index in [9.17, 15) is 49.8 Å². The standard InChI is InChI=1S/C72H99N7O12/c1-36-50(82)22-24-67(5)63-53(85)31-48-59(56(64(86)87)42-16-10-14-40(28-42)39-12-8-9-13-39)55(91-38(3)81)33-69(48,7)71(63,76)26-27-72(36,67)79-34-49(77-78-79)60(74)45-17-11-15-41-29-43(18-19-44(41)45)57(65(88)89)58-47-30-52(84)62-66(4)23-21-51(83)61(75)46(66)20-25-70(62,35-73)68(47,6)32-54(58)90-37(2)80/h11,15,17-19,29,34,36,42,46-48,50-55,60-63,82-85H,8-10,12-14,16,20-28,30-33,35,73-76H2,1-7H3,(H,86,87)(H,88,89)/b58-57-,59-56-/t36-,42?,46+,47+,48+,50-,51-,52-,53-,54+,55+,60?,61+,62+,63+,66+,67-,68+,69+,70-,71-,72-/m1/s1. The number of carboxylic acid groups (broad SMARTS) is 2. The van der Waals surface area contributed by atoms with Crippen LogP contribution >= 0.6 is 0 Å². The predicted molar refractivity (Wildman–Crippen MR) is 341 cm³/mol. The quantitative estimate of drug-likeness (QED) is 0.0518. The highest BCUT2D eigenvalue weighted by Crippen LogP contribution is 2.76. The Labute approximate surface area is 534 Å². The van der Waals surface area contributed by atoms with Gasteiger partial charge in [0.15, 0.2) is 0 Å². The minimum Gasteiger partial charge on any atom is -0.478 e. The summed E-state index contributed by atoms with van der Waals surface area (Å²) in [7, 11) is 0. The minimum absolute atomic E-state index is 0.0112. The zero-order valence-electron chi connectivity index (χ0n) is 54.3. The molecule has 0 radical (unpaired) electrons. The maximum atomic E-state index is 14.1. The van der Waals surface area contributed by atoms with Crippen molar-refractivity contribution in [3.8, 4) is 0 Å². The fourth-order valence-corrected chi connectivity index (χ4v) is 23.9. The summed E-state index contributed by atoms with van der Waals surface area (Å²) in [5.74, 6) is -5.78. The summed E-state index contributed by atoms with van der Waals surface area (Å²) in [6.45, 7) is 13.6. The molecular weight excluding hydrogens is 1150 g/mol. The van der Waals surface area contributed by atoms with Gasteiger partial charge in [-0.1, -0.05) is 81.3 Å². The number of fused-ring (bicyclic) bond motifs is 11. The first kappa shape index (κ1) is 64.3. The van der Waals surface area contributed by atoms with Crippen molar-refractivity contribution in [3.63, 3.8) is 0 Å². The third-order valence-electron chi connectivity index (χ3n) is 27.9. The van der Waals surface area contributed by atoms with Gasteiger partial charge in [-0.15, -0.1) is 5.10 Å². The van der Waals surface area contributed by atoms with E-state index in [2.05, 4.69) is 27.7 Å². The monoisotopic (exact) mass is 1250 g/mol. The first-order chi connectivity index (χ1) is 43.0. The molecule has 0 aliphatic heterocycles. The summed E-state index contributed by atoms with van der Waals surface area (Å²) in [5.41, 5.74) is 29.6. The highest BCUT2D eigenvalue weighted by molar-refractivity contribution is 6.17. The maximum Gasteiger partial charge on any atom is 0.336 e. The van der Waals surface area contributed by atoms with Crippen LogP contribution in [0.3, 0.4) is 0 Å². The van der Waals surface area contributed by atoms with E-state index in [1.54, 1.807) is 6.07 Å². The molecule has 3 aromatic rings. The average molecular weight is 1250 g/mol. The number of ether oxygens (including phenoxy) is 2. The van der Waals surface area contributed by atoms with Gasteiger partial charge in [0.1, 0.15) is 17.9 Å². The van der Waals surface area contributed by atoms with Crippen molar-refractivity contribution in [1.82, 2.24) is 15.0 Å². The number of aliphatic hydroxyl groups is 4. The van der Waals surface area contributed by atoms with E-state index in [4.69, 9.17) is 42.7 Å². The second kappa shape index (κ2) is 22.7. The lowest BCUT2D eigenvalue weighted by Gasteiger charge is -2.71. The lowest BCUT2D eigenvalue weighted by Crippen LogP contribution is -2.78. The lowest BCUT2D eigenvalue weighted by atomic mass is 9.36. The summed E-state index contributed by atoms with van der Waals surface area (Å²) in [6, 6.07) is 9.87. The Morgan fingerprint density at radius 2 is 1.37 bits per heavy atom. The summed E-state index contributed by atoms with van der Waals surface area (Å²) >= 11 is 0. The van der Waals surface area contributed by atoms with Crippen LogP contribution in [-0.4, -0.2) is 124 Å². The Bertz CT molecular complexity index is 3560. The summed E-state index contributed by atoms with van der Waals surface area (Å²) in [6.07, 6.45) is 9.90. The third-order valence-corrected chi connectivity index (χ3v) is 27.9. The Hall–Kier alpha value is -5.38. The van der Waals surface area contributed by atoms with Crippen molar-refractivity contribution in [2.75, 3.05) is 6.54 Å². The van der Waals surface area contributed by atoms with E-state index in [0.717, 1.165) is 43.9 Å². The number of esters is 2. The van der Waals surface area contributed by atoms with Crippen LogP contribution in [0.4, 0.5) is 0 Å². The van der Waals surface area contributed by atoms with Gasteiger partial charge in [-0.3, -0.25) is 9.59 Å². The van der Waals surface area contributed by atoms with Crippen molar-refractivity contribution >= 4 is 40.2 Å². The molecule has 19 heteroatoms. The molecule has 1 aromatic heterocycles. The van der Waals surface area contributed by atoms with Crippen LogP contribution < -0.4 is 22.9 Å². The smallest absolute Gasteiger partial charge is 0.336 e. The van der Waals surface area contributed by atoms with Gasteiger partial charge in [0.2, 0.25) is 0 Å². The van der Waals surface area contributed by atoms with Gasteiger partial charge in [-0.05, 0) is 225 Å². The van der Waals surface area contributed by atoms with Gasteiger partial charge < -0.3 is 63.0 Å². The van der Waals surface area contributed by atoms with Gasteiger partial charge >= 0.3 is 23.9 Å². The number of carbonyl (C=O) groups excluding carboxylic acids is 2. The number of carboxylic acids is 2. The molecule has 14 N–H and O–H groups in total. The minimum atomic E-state index is -1.19. The van der Waals surface area contributed by atoms with E-state index in [-0.39, 0.29) is 42.7 Å². The van der Waals surface area contributed by atoms with Crippen LogP contribution in [0.15, 0.2) is 70.5 Å². The van der Waals surface area contributed by atoms with Crippen molar-refractivity contribution in [1.29, 1.82) is 0 Å². The maximum absolute atomic E-state index is 14.1. The number of allylic oxidation sites excluding steroid dienone is 2. The molecule has 494 valence electrons. The Kier molecular flexibility index (Phi) is 16.0. The number of hydrogen-bond donors (Lipinski definition) is 10. The number of benzene rings is 2. The van der Waals surface area contributed by atoms with E-state index in [1.807, 2.05) is 48.1 Å². The first-order valence-electron chi connectivity index (χ1n) is 34.2. The van der Waals surface area contributed by atoms with E-state index >= 15 is 0 Å². The molecule has 91 heavy (non-hydrogen) atoms. The number of aliphatic hydroxyl groups excluding tert-OH is 4. The SMILES string of the molecule is CC(=O)O[C@H]1C[C@@]2(C)[C@@H](C[C@@H](O)[C@H]3[C@@]4(C)CC[C@@H](O)[C@@H](N)[C@@H]4CC[C@@]32CN)/C1=C(/C(=O)O)c1ccc2c(C(N)c3cn([C@@]45CC[C@@]6(N)[C@@H]([C@H](O)C[C@H]7/C(=C(/C(=O)O)C8CCCC(=C9CCCC9)C8)[C@@H](OC(C)=O)C[C@@]76C)[C@@]4(C)CC[C@@H](O)[C@H]5C)nn3)cccc2c1. The molecule has 13 rings (SSSR count). The Balaban J connectivity index is 0.838. The van der Waals surface area contributed by atoms with E-state index in [1.165, 1.54) is 25.0 Å². The Morgan fingerprint density at radius 3 is 2.04 bits per heavy atom. The second-order valence-electron chi connectivity index (χ2n) is 31.4. The van der Waals surface area contributed by atoms with Crippen LogP contribution in [-0.2, 0) is 34.2 Å². The number of rotatable bonds is 10. The molecule has 22 atom stereocenters. The normalized spacial score (nSPS) is 44.1. The molecule has 10 saturated carbocycles. The van der Waals surface area contributed by atoms with Gasteiger partial charge in [-0.25, -0.2) is 14.3 Å². The molecule has 10 fully saturated rings. The van der Waals surface area contributed by atoms with Crippen LogP contribution in [0.1, 0.15) is 200 Å². The fraction of sp³-hybridized carbons (Fsp3) is 0.694. The van der Waals surface area contributed by atoms with Gasteiger partial charge in [-0.2, -0.15) is 0 Å². The van der Waals surface area contributed by atoms with Crippen molar-refractivity contribution in [2.24, 2.45) is 91.4 Å². The molecule has 0 saturated heterocycles. The van der Waals surface area contributed by atoms with Crippen molar-refractivity contribution in [2.45, 2.75) is 237 Å². The molecule has 1 heterocycles. The highest BCUT2D eigenvalue weighted by atomic mass is 16.5. The third kappa shape index (κ3) is 9.20. The molecule has 0 spiro atoms. The topological polar surface area (TPSA) is 343 Å². The second-order valence-corrected chi connectivity index (χ2v) is 31.4. The number of aromatic nitrogens is 3. The summed E-state index contributed by atoms with van der Waals surface area (Å²) in [5, 5.41) is 82.7. The van der Waals surface area contributed by atoms with E-state index in [0.29, 0.717) is 116 Å². The highest BCUT2D eigenvalue weighted by Gasteiger charge is 2.77. The summed E-state index contributed by atoms with van der Waals surface area (Å²) in [4.78, 5) is 54.1. The number of carbonyl (C=O) groups is 4. The fourth-order valence-electron chi connectivity index (χ4n) is 23.9. The van der Waals surface area contributed by atoms with Crippen molar-refractivity contribution < 1.29 is 59.3 Å². The van der Waals surface area contributed by atoms with Gasteiger partial charge in [0.05, 0.1) is 47.8 Å². The number of hydrogen-bond acceptors (Lipinski definition) is 16. The lowest BCUT2D eigenvalue weighted by molar-refractivity contribution is -0.237. The number of aliphatic carboxylic acids is 2. The first-order valence-corrected chi connectivity index (χ1v) is 34.2. The summed E-state index contributed by atoms with van der Waals surface area (Å²) < 4.78 is 14.3. The molecule has 0 amide bonds. The molecule has 0 bridgehead atoms. The van der Waals surface area contributed by atoms with E-state index < -0.39 is 134 Å². The molecular formula is C72H99N7O12. The van der Waals surface area contributed by atoms with Crippen molar-refractivity contribution in [3.05, 3.63) is 87.3 Å². The van der Waals surface area contributed by atoms with Crippen LogP contribution in [0, 0.1) is 68.5 Å². The number of nitrogens with two attached hydrogens (primary N) is 4. The predicted octanol–water partition coefficient (Wildman–Crippen LogP) is 8.26. The molecule has 10 aliphatic carbocycles. The van der Waals surface area contributed by atoms with Crippen LogP contribution in [0.25, 0.3) is 16.3 Å².